The highest BCUT2D eigenvalue weighted by atomic mass is 32.2. The lowest BCUT2D eigenvalue weighted by atomic mass is 10.1. The van der Waals surface area contributed by atoms with Gasteiger partial charge in [-0.2, -0.15) is 4.31 Å². The van der Waals surface area contributed by atoms with Gasteiger partial charge in [-0.1, -0.05) is 45.6 Å². The molecule has 0 saturated heterocycles. The zero-order valence-electron chi connectivity index (χ0n) is 21.8. The number of hydrogen-bond acceptors (Lipinski definition) is 6. The predicted octanol–water partition coefficient (Wildman–Crippen LogP) is 5.93. The first-order valence-corrected chi connectivity index (χ1v) is 15.4. The maximum absolute atomic E-state index is 13.3. The Hall–Kier alpha value is -3.08. The summed E-state index contributed by atoms with van der Waals surface area (Å²) in [6, 6.07) is 11.8. The molecule has 0 saturated carbocycles. The van der Waals surface area contributed by atoms with Gasteiger partial charge in [-0.15, -0.1) is 11.3 Å². The molecular formula is C28H34N4O4S2. The zero-order valence-corrected chi connectivity index (χ0v) is 23.5. The number of nitrogens with zero attached hydrogens (tertiary/aromatic N) is 2. The smallest absolute Gasteiger partial charge is 0.257 e. The molecule has 0 aliphatic carbocycles. The van der Waals surface area contributed by atoms with Gasteiger partial charge in [0.05, 0.1) is 17.0 Å². The molecule has 0 spiro atoms. The molecule has 4 rings (SSSR count). The van der Waals surface area contributed by atoms with Crippen LogP contribution in [0.25, 0.3) is 11.3 Å². The van der Waals surface area contributed by atoms with E-state index in [4.69, 9.17) is 0 Å². The molecule has 0 radical (unpaired) electrons. The van der Waals surface area contributed by atoms with Crippen molar-refractivity contribution in [1.29, 1.82) is 0 Å². The van der Waals surface area contributed by atoms with E-state index in [-0.39, 0.29) is 16.7 Å². The lowest BCUT2D eigenvalue weighted by Gasteiger charge is -2.22. The molecule has 2 aromatic carbocycles. The number of thiazole rings is 1. The van der Waals surface area contributed by atoms with E-state index in [1.807, 2.05) is 23.6 Å². The van der Waals surface area contributed by atoms with Gasteiger partial charge in [0.15, 0.2) is 5.13 Å². The molecule has 0 atom stereocenters. The summed E-state index contributed by atoms with van der Waals surface area (Å²) in [5.74, 6) is -0.385. The van der Waals surface area contributed by atoms with Gasteiger partial charge in [0.1, 0.15) is 0 Å². The third kappa shape index (κ3) is 6.67. The molecule has 8 nitrogen and oxygen atoms in total. The van der Waals surface area contributed by atoms with Gasteiger partial charge in [0.25, 0.3) is 5.91 Å². The fourth-order valence-corrected chi connectivity index (χ4v) is 6.61. The lowest BCUT2D eigenvalue weighted by molar-refractivity contribution is -0.115. The number of carbonyl (C=O) groups excluding carboxylic acids is 2. The van der Waals surface area contributed by atoms with Gasteiger partial charge in [-0.25, -0.2) is 13.4 Å². The number of aromatic nitrogens is 1. The Morgan fingerprint density at radius 2 is 1.71 bits per heavy atom. The van der Waals surface area contributed by atoms with E-state index in [1.165, 1.54) is 35.6 Å². The highest BCUT2D eigenvalue weighted by Crippen LogP contribution is 2.31. The van der Waals surface area contributed by atoms with Crippen molar-refractivity contribution in [3.05, 3.63) is 59.0 Å². The zero-order chi connectivity index (χ0) is 27.1. The number of unbranched alkanes of at least 4 members (excludes halogenated alkanes) is 4. The molecule has 2 amide bonds. The Morgan fingerprint density at radius 1 is 1.03 bits per heavy atom. The third-order valence-electron chi connectivity index (χ3n) is 6.53. The Labute approximate surface area is 228 Å². The monoisotopic (exact) mass is 554 g/mol. The number of amides is 2. The molecule has 1 aliphatic heterocycles. The second kappa shape index (κ2) is 12.6. The van der Waals surface area contributed by atoms with Crippen LogP contribution in [0.4, 0.5) is 10.8 Å². The van der Waals surface area contributed by atoms with Gasteiger partial charge in [-0.3, -0.25) is 14.9 Å². The quantitative estimate of drug-likeness (QED) is 0.255. The van der Waals surface area contributed by atoms with E-state index in [2.05, 4.69) is 29.5 Å². The summed E-state index contributed by atoms with van der Waals surface area (Å²) >= 11 is 1.30. The van der Waals surface area contributed by atoms with Gasteiger partial charge in [-0.05, 0) is 54.8 Å². The number of rotatable bonds is 13. The Bertz CT molecular complexity index is 1370. The number of sulfonamides is 1. The van der Waals surface area contributed by atoms with Crippen LogP contribution in [0.1, 0.15) is 68.3 Å². The maximum Gasteiger partial charge on any atom is 0.257 e. The van der Waals surface area contributed by atoms with Gasteiger partial charge in [0.2, 0.25) is 15.9 Å². The first-order chi connectivity index (χ1) is 18.3. The van der Waals surface area contributed by atoms with Crippen LogP contribution < -0.4 is 10.6 Å². The largest absolute Gasteiger partial charge is 0.326 e. The number of hydrogen-bond donors (Lipinski definition) is 2. The number of benzene rings is 2. The summed E-state index contributed by atoms with van der Waals surface area (Å²) in [4.78, 5) is 29.2. The van der Waals surface area contributed by atoms with Crippen molar-refractivity contribution in [2.45, 2.75) is 63.7 Å². The summed E-state index contributed by atoms with van der Waals surface area (Å²) < 4.78 is 28.2. The van der Waals surface area contributed by atoms with Crippen molar-refractivity contribution in [3.8, 4) is 11.3 Å². The van der Waals surface area contributed by atoms with E-state index in [9.17, 15) is 18.0 Å². The van der Waals surface area contributed by atoms with Crippen LogP contribution >= 0.6 is 11.3 Å². The topological polar surface area (TPSA) is 108 Å². The normalized spacial score (nSPS) is 13.0. The Kier molecular flexibility index (Phi) is 9.30. The van der Waals surface area contributed by atoms with Crippen molar-refractivity contribution in [2.24, 2.45) is 0 Å². The van der Waals surface area contributed by atoms with Crippen LogP contribution in [-0.4, -0.2) is 42.6 Å². The second-order valence-corrected chi connectivity index (χ2v) is 12.2. The maximum atomic E-state index is 13.3. The molecule has 38 heavy (non-hydrogen) atoms. The highest BCUT2D eigenvalue weighted by molar-refractivity contribution is 7.89. The minimum Gasteiger partial charge on any atom is -0.326 e. The molecule has 3 aromatic rings. The van der Waals surface area contributed by atoms with Crippen LogP contribution in [-0.2, 0) is 21.2 Å². The van der Waals surface area contributed by atoms with E-state index in [0.717, 1.165) is 55.3 Å². The van der Waals surface area contributed by atoms with Gasteiger partial charge >= 0.3 is 0 Å². The first kappa shape index (κ1) is 27.9. The summed E-state index contributed by atoms with van der Waals surface area (Å²) in [6.45, 7) is 5.21. The molecule has 0 unspecified atom stereocenters. The second-order valence-electron chi connectivity index (χ2n) is 9.43. The third-order valence-corrected chi connectivity index (χ3v) is 9.20. The van der Waals surface area contributed by atoms with Crippen molar-refractivity contribution in [2.75, 3.05) is 23.7 Å². The van der Waals surface area contributed by atoms with Gasteiger partial charge in [0, 0.05) is 35.3 Å². The Morgan fingerprint density at radius 3 is 2.37 bits per heavy atom. The van der Waals surface area contributed by atoms with E-state index >= 15 is 0 Å². The molecule has 1 aliphatic rings. The summed E-state index contributed by atoms with van der Waals surface area (Å²) in [5.41, 5.74) is 3.67. The molecule has 0 bridgehead atoms. The molecule has 0 fully saturated rings. The Balaban J connectivity index is 1.42. The highest BCUT2D eigenvalue weighted by Gasteiger charge is 2.24. The molecule has 1 aromatic heterocycles. The number of carbonyl (C=O) groups is 2. The lowest BCUT2D eigenvalue weighted by Crippen LogP contribution is -2.33. The van der Waals surface area contributed by atoms with Gasteiger partial charge < -0.3 is 5.32 Å². The fraction of sp³-hybridized carbons (Fsp3) is 0.393. The minimum atomic E-state index is -3.63. The first-order valence-electron chi connectivity index (χ1n) is 13.1. The van der Waals surface area contributed by atoms with E-state index < -0.39 is 10.0 Å². The standard InChI is InChI=1S/C28H34N4O4S2/c1-3-5-7-15-32(16-8-6-4-2)38(35,36)23-12-9-20(10-13-23)27(34)31-28-30-25(19-37-28)21-11-14-24-22(17-21)18-26(33)29-24/h9-14,17,19H,3-8,15-16,18H2,1-2H3,(H,29,33)(H,30,31,34). The van der Waals surface area contributed by atoms with Crippen molar-refractivity contribution in [1.82, 2.24) is 9.29 Å². The van der Waals surface area contributed by atoms with Crippen LogP contribution in [0, 0.1) is 0 Å². The van der Waals surface area contributed by atoms with Crippen LogP contribution in [0.5, 0.6) is 0 Å². The fourth-order valence-electron chi connectivity index (χ4n) is 4.38. The van der Waals surface area contributed by atoms with Crippen molar-refractivity contribution in [3.63, 3.8) is 0 Å². The van der Waals surface area contributed by atoms with Crippen molar-refractivity contribution >= 4 is 44.0 Å². The average Bonchev–Trinajstić information content (AvgIpc) is 3.53. The number of nitrogens with one attached hydrogen (secondary N) is 2. The number of fused-ring (bicyclic) bond motifs is 1. The summed E-state index contributed by atoms with van der Waals surface area (Å²) in [5, 5.41) is 7.90. The summed E-state index contributed by atoms with van der Waals surface area (Å²) in [7, 11) is -3.63. The molecular weight excluding hydrogens is 520 g/mol. The van der Waals surface area contributed by atoms with Crippen LogP contribution in [0.15, 0.2) is 52.7 Å². The van der Waals surface area contributed by atoms with Crippen molar-refractivity contribution < 1.29 is 18.0 Å². The van der Waals surface area contributed by atoms with Crippen LogP contribution in [0.2, 0.25) is 0 Å². The molecule has 10 heteroatoms. The molecule has 2 N–H and O–H groups in total. The number of anilines is 2. The average molecular weight is 555 g/mol. The van der Waals surface area contributed by atoms with E-state index in [1.54, 1.807) is 4.31 Å². The minimum absolute atomic E-state index is 0.0251. The van der Waals surface area contributed by atoms with Crippen LogP contribution in [0.3, 0.4) is 0 Å². The summed E-state index contributed by atoms with van der Waals surface area (Å²) in [6.07, 6.45) is 6.04. The molecule has 2 heterocycles. The predicted molar refractivity (Wildman–Crippen MR) is 152 cm³/mol. The SMILES string of the molecule is CCCCCN(CCCCC)S(=O)(=O)c1ccc(C(=O)Nc2nc(-c3ccc4c(c3)CC(=O)N4)cs2)cc1. The molecule has 202 valence electrons. The van der Waals surface area contributed by atoms with E-state index in [0.29, 0.717) is 35.9 Å².